The van der Waals surface area contributed by atoms with Gasteiger partial charge in [0.1, 0.15) is 35.5 Å². The lowest BCUT2D eigenvalue weighted by molar-refractivity contribution is 0.0844. The van der Waals surface area contributed by atoms with Crippen molar-refractivity contribution in [3.63, 3.8) is 0 Å². The quantitative estimate of drug-likeness (QED) is 0.738. The van der Waals surface area contributed by atoms with Crippen LogP contribution < -0.4 is 14.2 Å². The molecule has 0 N–H and O–H groups in total. The monoisotopic (exact) mass is 338 g/mol. The Balaban J connectivity index is 1.92. The van der Waals surface area contributed by atoms with E-state index in [1.807, 2.05) is 50.3 Å². The van der Waals surface area contributed by atoms with Crippen molar-refractivity contribution in [3.8, 4) is 17.2 Å². The summed E-state index contributed by atoms with van der Waals surface area (Å²) in [6.45, 7) is 4.49. The molecule has 0 radical (unpaired) electrons. The third-order valence-corrected chi connectivity index (χ3v) is 4.09. The van der Waals surface area contributed by atoms with E-state index in [-0.39, 0.29) is 11.9 Å². The molecule has 0 unspecified atom stereocenters. The van der Waals surface area contributed by atoms with Gasteiger partial charge in [0.2, 0.25) is 0 Å². The van der Waals surface area contributed by atoms with Crippen LogP contribution in [0.5, 0.6) is 17.2 Å². The maximum Gasteiger partial charge on any atom is 0.174 e. The lowest BCUT2D eigenvalue weighted by atomic mass is 9.95. The number of Topliss-reactive ketones (excluding diaryl/α,β-unsaturated/α-hetero) is 1. The van der Waals surface area contributed by atoms with Crippen molar-refractivity contribution in [2.45, 2.75) is 26.4 Å². The molecule has 1 aliphatic rings. The third kappa shape index (κ3) is 3.85. The van der Waals surface area contributed by atoms with Gasteiger partial charge in [-0.15, -0.1) is 0 Å². The smallest absolute Gasteiger partial charge is 0.174 e. The first-order valence-corrected chi connectivity index (χ1v) is 8.31. The number of ketones is 1. The van der Waals surface area contributed by atoms with Gasteiger partial charge in [-0.1, -0.05) is 35.9 Å². The van der Waals surface area contributed by atoms with E-state index < -0.39 is 0 Å². The number of ether oxygens (including phenoxy) is 3. The number of hydrogen-bond acceptors (Lipinski definition) is 4. The molecule has 0 fully saturated rings. The maximum atomic E-state index is 12.7. The van der Waals surface area contributed by atoms with Crippen LogP contribution in [0.4, 0.5) is 0 Å². The van der Waals surface area contributed by atoms with Crippen LogP contribution in [0.3, 0.4) is 0 Å². The zero-order valence-electron chi connectivity index (χ0n) is 14.7. The molecule has 4 nitrogen and oxygen atoms in total. The molecule has 0 aliphatic carbocycles. The fraction of sp³-hybridized carbons (Fsp3) is 0.286. The summed E-state index contributed by atoms with van der Waals surface area (Å²) in [7, 11) is 1.55. The number of rotatable bonds is 5. The third-order valence-electron chi connectivity index (χ3n) is 4.09. The van der Waals surface area contributed by atoms with E-state index in [0.29, 0.717) is 35.8 Å². The van der Waals surface area contributed by atoms with Crippen LogP contribution in [0, 0.1) is 0 Å². The molecule has 1 aliphatic heterocycles. The highest BCUT2D eigenvalue weighted by atomic mass is 16.5. The molecule has 25 heavy (non-hydrogen) atoms. The Morgan fingerprint density at radius 3 is 2.68 bits per heavy atom. The van der Waals surface area contributed by atoms with Crippen LogP contribution in [0.15, 0.2) is 54.1 Å². The fourth-order valence-corrected chi connectivity index (χ4v) is 2.80. The number of carbonyl (C=O) groups is 1. The fourth-order valence-electron chi connectivity index (χ4n) is 2.80. The minimum Gasteiger partial charge on any atom is -0.496 e. The van der Waals surface area contributed by atoms with Crippen molar-refractivity contribution in [2.75, 3.05) is 13.7 Å². The average molecular weight is 338 g/mol. The largest absolute Gasteiger partial charge is 0.496 e. The standard InChI is InChI=1S/C21H22O4/c1-14(2)9-10-24-16-11-19(23-3)21-17(22)13-18(25-20(21)12-16)15-7-5-4-6-8-15/h4-9,11-12,18H,10,13H2,1-3H3/t18-/m1/s1. The van der Waals surface area contributed by atoms with Crippen molar-refractivity contribution in [1.29, 1.82) is 0 Å². The summed E-state index contributed by atoms with van der Waals surface area (Å²) in [6, 6.07) is 13.3. The van der Waals surface area contributed by atoms with Gasteiger partial charge in [0, 0.05) is 12.1 Å². The van der Waals surface area contributed by atoms with Gasteiger partial charge in [-0.3, -0.25) is 4.79 Å². The Morgan fingerprint density at radius 2 is 2.00 bits per heavy atom. The van der Waals surface area contributed by atoms with E-state index in [4.69, 9.17) is 14.2 Å². The highest BCUT2D eigenvalue weighted by Crippen LogP contribution is 2.42. The zero-order chi connectivity index (χ0) is 17.8. The van der Waals surface area contributed by atoms with E-state index >= 15 is 0 Å². The molecular weight excluding hydrogens is 316 g/mol. The number of hydrogen-bond donors (Lipinski definition) is 0. The minimum atomic E-state index is -0.293. The summed E-state index contributed by atoms with van der Waals surface area (Å²) >= 11 is 0. The molecule has 3 rings (SSSR count). The predicted octanol–water partition coefficient (Wildman–Crippen LogP) is 4.75. The van der Waals surface area contributed by atoms with Gasteiger partial charge >= 0.3 is 0 Å². The lowest BCUT2D eigenvalue weighted by Gasteiger charge is -2.27. The van der Waals surface area contributed by atoms with Gasteiger partial charge in [0.25, 0.3) is 0 Å². The molecule has 0 aromatic heterocycles. The second-order valence-electron chi connectivity index (χ2n) is 6.24. The van der Waals surface area contributed by atoms with Gasteiger partial charge in [0.05, 0.1) is 13.5 Å². The van der Waals surface area contributed by atoms with Crippen LogP contribution >= 0.6 is 0 Å². The highest BCUT2D eigenvalue weighted by molar-refractivity contribution is 6.02. The molecule has 0 amide bonds. The van der Waals surface area contributed by atoms with Crippen molar-refractivity contribution in [1.82, 2.24) is 0 Å². The molecule has 0 bridgehead atoms. The second kappa shape index (κ2) is 7.43. The first kappa shape index (κ1) is 17.1. The first-order valence-electron chi connectivity index (χ1n) is 8.31. The van der Waals surface area contributed by atoms with E-state index in [9.17, 15) is 4.79 Å². The van der Waals surface area contributed by atoms with E-state index in [1.165, 1.54) is 5.57 Å². The van der Waals surface area contributed by atoms with Crippen molar-refractivity contribution >= 4 is 5.78 Å². The number of methoxy groups -OCH3 is 1. The second-order valence-corrected chi connectivity index (χ2v) is 6.24. The molecule has 130 valence electrons. The number of carbonyl (C=O) groups excluding carboxylic acids is 1. The number of fused-ring (bicyclic) bond motifs is 1. The van der Waals surface area contributed by atoms with Crippen LogP contribution in [0.25, 0.3) is 0 Å². The predicted molar refractivity (Wildman–Crippen MR) is 96.7 cm³/mol. The highest BCUT2D eigenvalue weighted by Gasteiger charge is 2.31. The van der Waals surface area contributed by atoms with Gasteiger partial charge in [-0.05, 0) is 25.5 Å². The molecule has 0 saturated carbocycles. The van der Waals surface area contributed by atoms with Crippen molar-refractivity contribution in [3.05, 3.63) is 65.2 Å². The van der Waals surface area contributed by atoms with Crippen LogP contribution in [-0.4, -0.2) is 19.5 Å². The average Bonchev–Trinajstić information content (AvgIpc) is 2.61. The molecule has 0 spiro atoms. The zero-order valence-corrected chi connectivity index (χ0v) is 14.7. The normalized spacial score (nSPS) is 15.8. The summed E-state index contributed by atoms with van der Waals surface area (Å²) in [6.07, 6.45) is 2.00. The molecule has 2 aromatic carbocycles. The summed E-state index contributed by atoms with van der Waals surface area (Å²) in [4.78, 5) is 12.7. The Hall–Kier alpha value is -2.75. The van der Waals surface area contributed by atoms with E-state index in [0.717, 1.165) is 5.56 Å². The van der Waals surface area contributed by atoms with Crippen LogP contribution in [0.2, 0.25) is 0 Å². The van der Waals surface area contributed by atoms with E-state index in [2.05, 4.69) is 0 Å². The summed E-state index contributed by atoms with van der Waals surface area (Å²) in [5, 5.41) is 0. The van der Waals surface area contributed by atoms with Gasteiger partial charge in [-0.2, -0.15) is 0 Å². The van der Waals surface area contributed by atoms with Crippen molar-refractivity contribution in [2.24, 2.45) is 0 Å². The van der Waals surface area contributed by atoms with Gasteiger partial charge in [0.15, 0.2) is 5.78 Å². The SMILES string of the molecule is COc1cc(OCC=C(C)C)cc2c1C(=O)C[C@H](c1ccccc1)O2. The Labute approximate surface area is 148 Å². The van der Waals surface area contributed by atoms with Crippen LogP contribution in [0.1, 0.15) is 42.3 Å². The van der Waals surface area contributed by atoms with Crippen LogP contribution in [-0.2, 0) is 0 Å². The summed E-state index contributed by atoms with van der Waals surface area (Å²) in [5.41, 5.74) is 2.65. The lowest BCUT2D eigenvalue weighted by Crippen LogP contribution is -2.21. The Kier molecular flexibility index (Phi) is 5.08. The Morgan fingerprint density at radius 1 is 1.24 bits per heavy atom. The summed E-state index contributed by atoms with van der Waals surface area (Å²) < 4.78 is 17.3. The molecule has 1 heterocycles. The van der Waals surface area contributed by atoms with Gasteiger partial charge in [-0.25, -0.2) is 0 Å². The number of allylic oxidation sites excluding steroid dienone is 1. The first-order chi connectivity index (χ1) is 12.1. The van der Waals surface area contributed by atoms with E-state index in [1.54, 1.807) is 19.2 Å². The minimum absolute atomic E-state index is 0.0165. The maximum absolute atomic E-state index is 12.7. The van der Waals surface area contributed by atoms with Crippen molar-refractivity contribution < 1.29 is 19.0 Å². The topological polar surface area (TPSA) is 44.8 Å². The molecule has 2 aromatic rings. The Bertz CT molecular complexity index is 789. The number of benzene rings is 2. The molecular formula is C21H22O4. The molecule has 4 heteroatoms. The van der Waals surface area contributed by atoms with Gasteiger partial charge < -0.3 is 14.2 Å². The molecule has 1 atom stereocenters. The summed E-state index contributed by atoms with van der Waals surface area (Å²) in [5.74, 6) is 1.63. The molecule has 0 saturated heterocycles.